The lowest BCUT2D eigenvalue weighted by Gasteiger charge is -2.41. The molecule has 1 aromatic heterocycles. The molecule has 2 rings (SSSR count). The van der Waals surface area contributed by atoms with Gasteiger partial charge in [0.15, 0.2) is 5.96 Å². The van der Waals surface area contributed by atoms with E-state index in [1.807, 2.05) is 0 Å². The molecule has 1 saturated heterocycles. The fourth-order valence-corrected chi connectivity index (χ4v) is 3.03. The van der Waals surface area contributed by atoms with Gasteiger partial charge in [0.1, 0.15) is 11.6 Å². The van der Waals surface area contributed by atoms with Gasteiger partial charge in [-0.05, 0) is 19.9 Å². The molecular weight excluding hydrogens is 538 g/mol. The van der Waals surface area contributed by atoms with Crippen molar-refractivity contribution in [2.24, 2.45) is 4.99 Å². The van der Waals surface area contributed by atoms with Gasteiger partial charge in [0.05, 0.1) is 25.3 Å². The van der Waals surface area contributed by atoms with Gasteiger partial charge in [-0.2, -0.15) is 13.2 Å². The highest BCUT2D eigenvalue weighted by Crippen LogP contribution is 2.32. The van der Waals surface area contributed by atoms with Crippen LogP contribution in [0, 0.1) is 0 Å². The number of ether oxygens (including phenoxy) is 2. The van der Waals surface area contributed by atoms with Gasteiger partial charge in [-0.25, -0.2) is 4.98 Å². The number of morpholine rings is 1. The number of halogens is 5. The molecule has 12 heteroatoms. The number of pyridine rings is 1. The molecule has 1 aliphatic rings. The van der Waals surface area contributed by atoms with Gasteiger partial charge in [-0.3, -0.25) is 9.89 Å². The van der Waals surface area contributed by atoms with Crippen LogP contribution in [0.2, 0.25) is 5.02 Å². The molecule has 172 valence electrons. The third-order valence-corrected chi connectivity index (χ3v) is 4.82. The lowest BCUT2D eigenvalue weighted by Crippen LogP contribution is -2.56. The van der Waals surface area contributed by atoms with E-state index >= 15 is 0 Å². The van der Waals surface area contributed by atoms with E-state index in [0.29, 0.717) is 25.2 Å². The second-order valence-corrected chi connectivity index (χ2v) is 7.53. The van der Waals surface area contributed by atoms with Crippen LogP contribution >= 0.6 is 35.6 Å². The van der Waals surface area contributed by atoms with Crippen LogP contribution in [0.5, 0.6) is 5.88 Å². The highest BCUT2D eigenvalue weighted by Gasteiger charge is 2.32. The standard InChI is InChI=1S/C18H27ClF3N5O2.HI/c1-17(2,27-5-8-28-9-6-27)12-26-16(23-3)24-4-7-29-15-14(19)10-13(11-25-15)18(20,21)22;/h10-11H,4-9,12H2,1-3H3,(H2,23,24,26);1H. The van der Waals surface area contributed by atoms with Gasteiger partial charge < -0.3 is 20.1 Å². The largest absolute Gasteiger partial charge is 0.475 e. The number of aliphatic imine (C=N–C) groups is 1. The Kier molecular flexibility index (Phi) is 10.9. The van der Waals surface area contributed by atoms with Crippen LogP contribution in [0.15, 0.2) is 17.3 Å². The SMILES string of the molecule is CN=C(NCCOc1ncc(C(F)(F)F)cc1Cl)NCC(C)(C)N1CCOCC1.I. The van der Waals surface area contributed by atoms with E-state index in [1.54, 1.807) is 7.05 Å². The quantitative estimate of drug-likeness (QED) is 0.229. The molecule has 0 aromatic carbocycles. The van der Waals surface area contributed by atoms with E-state index in [1.165, 1.54) is 0 Å². The Morgan fingerprint density at radius 2 is 1.97 bits per heavy atom. The van der Waals surface area contributed by atoms with E-state index in [9.17, 15) is 13.2 Å². The number of hydrogen-bond donors (Lipinski definition) is 2. The van der Waals surface area contributed by atoms with Gasteiger partial charge in [0.2, 0.25) is 5.88 Å². The van der Waals surface area contributed by atoms with E-state index in [-0.39, 0.29) is 47.0 Å². The third-order valence-electron chi connectivity index (χ3n) is 4.55. The Bertz CT molecular complexity index is 701. The van der Waals surface area contributed by atoms with Crippen LogP contribution in [-0.2, 0) is 10.9 Å². The topological polar surface area (TPSA) is 71.0 Å². The average molecular weight is 566 g/mol. The molecule has 1 fully saturated rings. The number of rotatable bonds is 7. The number of hydrogen-bond acceptors (Lipinski definition) is 5. The Hall–Kier alpha value is -1.05. The van der Waals surface area contributed by atoms with E-state index in [2.05, 4.69) is 39.4 Å². The second kappa shape index (κ2) is 12.1. The van der Waals surface area contributed by atoms with Gasteiger partial charge in [-0.15, -0.1) is 24.0 Å². The van der Waals surface area contributed by atoms with Crippen LogP contribution in [0.25, 0.3) is 0 Å². The van der Waals surface area contributed by atoms with Crippen LogP contribution in [-0.4, -0.2) is 74.4 Å². The van der Waals surface area contributed by atoms with Crippen LogP contribution in [0.4, 0.5) is 13.2 Å². The molecule has 2 heterocycles. The Labute approximate surface area is 196 Å². The van der Waals surface area contributed by atoms with E-state index in [4.69, 9.17) is 21.1 Å². The highest BCUT2D eigenvalue weighted by atomic mass is 127. The summed E-state index contributed by atoms with van der Waals surface area (Å²) in [7, 11) is 1.66. The first kappa shape index (κ1) is 27.0. The van der Waals surface area contributed by atoms with Gasteiger partial charge in [-0.1, -0.05) is 11.6 Å². The fraction of sp³-hybridized carbons (Fsp3) is 0.667. The van der Waals surface area contributed by atoms with Crippen molar-refractivity contribution in [2.45, 2.75) is 25.6 Å². The molecule has 30 heavy (non-hydrogen) atoms. The van der Waals surface area contributed by atoms with E-state index in [0.717, 1.165) is 32.4 Å². The van der Waals surface area contributed by atoms with Gasteiger partial charge >= 0.3 is 6.18 Å². The maximum atomic E-state index is 12.6. The van der Waals surface area contributed by atoms with Crippen molar-refractivity contribution >= 4 is 41.5 Å². The van der Waals surface area contributed by atoms with E-state index < -0.39 is 11.7 Å². The summed E-state index contributed by atoms with van der Waals surface area (Å²) in [5, 5.41) is 6.18. The van der Waals surface area contributed by atoms with Crippen LogP contribution in [0.1, 0.15) is 19.4 Å². The summed E-state index contributed by atoms with van der Waals surface area (Å²) in [5.74, 6) is 0.555. The van der Waals surface area contributed by atoms with Crippen molar-refractivity contribution in [1.82, 2.24) is 20.5 Å². The summed E-state index contributed by atoms with van der Waals surface area (Å²) in [5.41, 5.74) is -0.990. The fourth-order valence-electron chi connectivity index (χ4n) is 2.80. The molecule has 2 N–H and O–H groups in total. The van der Waals surface area contributed by atoms with Crippen molar-refractivity contribution in [2.75, 3.05) is 53.0 Å². The summed E-state index contributed by atoms with van der Waals surface area (Å²) < 4.78 is 48.6. The molecule has 0 amide bonds. The third kappa shape index (κ3) is 8.23. The van der Waals surface area contributed by atoms with Gasteiger partial charge in [0, 0.05) is 38.4 Å². The average Bonchev–Trinajstić information content (AvgIpc) is 2.68. The first-order valence-electron chi connectivity index (χ1n) is 9.26. The summed E-state index contributed by atoms with van der Waals surface area (Å²) >= 11 is 5.82. The zero-order valence-electron chi connectivity index (χ0n) is 17.2. The number of aromatic nitrogens is 1. The highest BCUT2D eigenvalue weighted by molar-refractivity contribution is 14.0. The van der Waals surface area contributed by atoms with Crippen molar-refractivity contribution in [3.63, 3.8) is 0 Å². The molecule has 1 aliphatic heterocycles. The molecule has 0 bridgehead atoms. The number of nitrogens with zero attached hydrogens (tertiary/aromatic N) is 3. The molecule has 0 aliphatic carbocycles. The maximum Gasteiger partial charge on any atom is 0.417 e. The number of guanidine groups is 1. The molecule has 0 saturated carbocycles. The molecule has 0 spiro atoms. The van der Waals surface area contributed by atoms with Crippen molar-refractivity contribution in [1.29, 1.82) is 0 Å². The smallest absolute Gasteiger partial charge is 0.417 e. The zero-order chi connectivity index (χ0) is 21.5. The lowest BCUT2D eigenvalue weighted by molar-refractivity contribution is -0.137. The number of nitrogens with one attached hydrogen (secondary N) is 2. The molecule has 7 nitrogen and oxygen atoms in total. The van der Waals surface area contributed by atoms with Gasteiger partial charge in [0.25, 0.3) is 0 Å². The maximum absolute atomic E-state index is 12.6. The first-order valence-corrected chi connectivity index (χ1v) is 9.64. The normalized spacial score (nSPS) is 16.0. The lowest BCUT2D eigenvalue weighted by atomic mass is 10.0. The molecule has 0 unspecified atom stereocenters. The minimum absolute atomic E-state index is 0. The molecule has 0 atom stereocenters. The minimum atomic E-state index is -4.50. The molecule has 1 aromatic rings. The summed E-state index contributed by atoms with van der Waals surface area (Å²) in [6, 6.07) is 0.797. The van der Waals surface area contributed by atoms with Crippen LogP contribution < -0.4 is 15.4 Å². The predicted octanol–water partition coefficient (Wildman–Crippen LogP) is 3.03. The second-order valence-electron chi connectivity index (χ2n) is 7.12. The van der Waals surface area contributed by atoms with Crippen molar-refractivity contribution in [3.8, 4) is 5.88 Å². The predicted molar refractivity (Wildman–Crippen MR) is 121 cm³/mol. The zero-order valence-corrected chi connectivity index (χ0v) is 20.3. The van der Waals surface area contributed by atoms with Crippen molar-refractivity contribution in [3.05, 3.63) is 22.8 Å². The molecule has 0 radical (unpaired) electrons. The summed E-state index contributed by atoms with van der Waals surface area (Å²) in [6.07, 6.45) is -3.80. The minimum Gasteiger partial charge on any atom is -0.475 e. The molecular formula is C18H28ClF3IN5O2. The van der Waals surface area contributed by atoms with Crippen molar-refractivity contribution < 1.29 is 22.6 Å². The summed E-state index contributed by atoms with van der Waals surface area (Å²) in [4.78, 5) is 10.2. The Morgan fingerprint density at radius 1 is 1.30 bits per heavy atom. The monoisotopic (exact) mass is 565 g/mol. The summed E-state index contributed by atoms with van der Waals surface area (Å²) in [6.45, 7) is 8.75. The van der Waals surface area contributed by atoms with Crippen LogP contribution in [0.3, 0.4) is 0 Å². The first-order chi connectivity index (χ1) is 13.6. The number of alkyl halides is 3. The Balaban J connectivity index is 0.00000450. The Morgan fingerprint density at radius 3 is 2.53 bits per heavy atom.